The number of carbonyl (C=O) groups excluding carboxylic acids is 1. The predicted molar refractivity (Wildman–Crippen MR) is 99.2 cm³/mol. The van der Waals surface area contributed by atoms with Crippen LogP contribution in [0, 0.1) is 0 Å². The van der Waals surface area contributed by atoms with Crippen molar-refractivity contribution in [2.24, 2.45) is 0 Å². The molecule has 7 heteroatoms. The van der Waals surface area contributed by atoms with E-state index in [-0.39, 0.29) is 10.8 Å². The molecule has 0 aliphatic rings. The zero-order chi connectivity index (χ0) is 17.7. The molecule has 0 aliphatic heterocycles. The molecule has 2 aromatic carbocycles. The van der Waals surface area contributed by atoms with Gasteiger partial charge in [-0.3, -0.25) is 9.52 Å². The Bertz CT molecular complexity index is 936. The molecule has 128 valence electrons. The van der Waals surface area contributed by atoms with Crippen LogP contribution in [-0.4, -0.2) is 14.3 Å². The monoisotopic (exact) mass is 372 g/mol. The van der Waals surface area contributed by atoms with Crippen LogP contribution in [0.3, 0.4) is 0 Å². The van der Waals surface area contributed by atoms with E-state index in [1.54, 1.807) is 53.8 Å². The third-order valence-electron chi connectivity index (χ3n) is 3.46. The first kappa shape index (κ1) is 17.2. The Hall–Kier alpha value is -2.64. The number of benzene rings is 2. The second kappa shape index (κ2) is 7.50. The van der Waals surface area contributed by atoms with E-state index in [2.05, 4.69) is 10.0 Å². The smallest absolute Gasteiger partial charge is 0.261 e. The van der Waals surface area contributed by atoms with E-state index in [1.807, 2.05) is 17.5 Å². The van der Waals surface area contributed by atoms with Gasteiger partial charge in [0.1, 0.15) is 0 Å². The van der Waals surface area contributed by atoms with Gasteiger partial charge < -0.3 is 5.32 Å². The molecule has 0 fully saturated rings. The van der Waals surface area contributed by atoms with Crippen molar-refractivity contribution in [3.05, 3.63) is 82.6 Å². The number of amides is 1. The lowest BCUT2D eigenvalue weighted by Crippen LogP contribution is -2.22. The van der Waals surface area contributed by atoms with Gasteiger partial charge in [-0.05, 0) is 47.8 Å². The van der Waals surface area contributed by atoms with Crippen LogP contribution in [0.15, 0.2) is 77.0 Å². The quantitative estimate of drug-likeness (QED) is 0.696. The zero-order valence-electron chi connectivity index (χ0n) is 13.2. The van der Waals surface area contributed by atoms with Gasteiger partial charge in [-0.2, -0.15) is 0 Å². The van der Waals surface area contributed by atoms with E-state index < -0.39 is 10.0 Å². The highest BCUT2D eigenvalue weighted by atomic mass is 32.2. The minimum Gasteiger partial charge on any atom is -0.347 e. The van der Waals surface area contributed by atoms with Gasteiger partial charge in [0.15, 0.2) is 0 Å². The average molecular weight is 372 g/mol. The highest BCUT2D eigenvalue weighted by Gasteiger charge is 2.13. The molecule has 0 spiro atoms. The fraction of sp³-hybridized carbons (Fsp3) is 0.0556. The van der Waals surface area contributed by atoms with Gasteiger partial charge in [0.25, 0.3) is 15.9 Å². The van der Waals surface area contributed by atoms with Crippen molar-refractivity contribution in [3.8, 4) is 0 Å². The summed E-state index contributed by atoms with van der Waals surface area (Å²) >= 11 is 1.58. The third-order valence-corrected chi connectivity index (χ3v) is 5.73. The Morgan fingerprint density at radius 2 is 1.64 bits per heavy atom. The first-order valence-electron chi connectivity index (χ1n) is 7.53. The summed E-state index contributed by atoms with van der Waals surface area (Å²) in [5.41, 5.74) is 0.873. The fourth-order valence-electron chi connectivity index (χ4n) is 2.19. The van der Waals surface area contributed by atoms with Crippen molar-refractivity contribution in [1.29, 1.82) is 0 Å². The van der Waals surface area contributed by atoms with Crippen LogP contribution in [-0.2, 0) is 16.6 Å². The second-order valence-electron chi connectivity index (χ2n) is 5.26. The summed E-state index contributed by atoms with van der Waals surface area (Å²) in [5.74, 6) is -0.203. The zero-order valence-corrected chi connectivity index (χ0v) is 14.8. The Morgan fingerprint density at radius 1 is 0.920 bits per heavy atom. The minimum atomic E-state index is -3.64. The van der Waals surface area contributed by atoms with E-state index in [1.165, 1.54) is 12.1 Å². The highest BCUT2D eigenvalue weighted by Crippen LogP contribution is 2.16. The van der Waals surface area contributed by atoms with Crippen molar-refractivity contribution in [3.63, 3.8) is 0 Å². The van der Waals surface area contributed by atoms with Crippen LogP contribution in [0.4, 0.5) is 5.69 Å². The number of hydrogen-bond acceptors (Lipinski definition) is 4. The molecule has 3 rings (SSSR count). The molecule has 0 bridgehead atoms. The normalized spacial score (nSPS) is 11.0. The summed E-state index contributed by atoms with van der Waals surface area (Å²) in [7, 11) is -3.64. The Morgan fingerprint density at radius 3 is 2.28 bits per heavy atom. The number of sulfonamides is 1. The van der Waals surface area contributed by atoms with Crippen molar-refractivity contribution in [1.82, 2.24) is 5.32 Å². The van der Waals surface area contributed by atoms with Crippen LogP contribution in [0.1, 0.15) is 15.2 Å². The number of nitrogens with one attached hydrogen (secondary N) is 2. The van der Waals surface area contributed by atoms with Crippen LogP contribution in [0.25, 0.3) is 0 Å². The number of anilines is 1. The standard InChI is InChI=1S/C18H16N2O3S2/c21-18(19-13-16-5-4-12-24-16)14-8-10-15(11-9-14)20-25(22,23)17-6-2-1-3-7-17/h1-12,20H,13H2,(H,19,21). The Balaban J connectivity index is 1.65. The van der Waals surface area contributed by atoms with Gasteiger partial charge in [0.05, 0.1) is 11.4 Å². The molecule has 1 aromatic heterocycles. The van der Waals surface area contributed by atoms with Gasteiger partial charge in [0, 0.05) is 16.1 Å². The molecule has 1 heterocycles. The lowest BCUT2D eigenvalue weighted by atomic mass is 10.2. The Labute approximate surface area is 150 Å². The van der Waals surface area contributed by atoms with Crippen molar-refractivity contribution in [2.45, 2.75) is 11.4 Å². The molecule has 0 saturated carbocycles. The van der Waals surface area contributed by atoms with Crippen LogP contribution in [0.5, 0.6) is 0 Å². The molecule has 25 heavy (non-hydrogen) atoms. The van der Waals surface area contributed by atoms with Gasteiger partial charge in [-0.1, -0.05) is 24.3 Å². The summed E-state index contributed by atoms with van der Waals surface area (Å²) in [5, 5.41) is 4.78. The molecular formula is C18H16N2O3S2. The number of hydrogen-bond donors (Lipinski definition) is 2. The second-order valence-corrected chi connectivity index (χ2v) is 7.97. The summed E-state index contributed by atoms with van der Waals surface area (Å²) in [4.78, 5) is 13.4. The van der Waals surface area contributed by atoms with E-state index >= 15 is 0 Å². The maximum Gasteiger partial charge on any atom is 0.261 e. The van der Waals surface area contributed by atoms with Gasteiger partial charge in [-0.15, -0.1) is 11.3 Å². The van der Waals surface area contributed by atoms with E-state index in [4.69, 9.17) is 0 Å². The minimum absolute atomic E-state index is 0.188. The topological polar surface area (TPSA) is 75.3 Å². The third kappa shape index (κ3) is 4.46. The van der Waals surface area contributed by atoms with Gasteiger partial charge in [0.2, 0.25) is 0 Å². The van der Waals surface area contributed by atoms with Crippen LogP contribution in [0.2, 0.25) is 0 Å². The first-order chi connectivity index (χ1) is 12.0. The summed E-state index contributed by atoms with van der Waals surface area (Å²) in [6, 6.07) is 18.3. The van der Waals surface area contributed by atoms with Gasteiger partial charge >= 0.3 is 0 Å². The van der Waals surface area contributed by atoms with Crippen molar-refractivity contribution in [2.75, 3.05) is 4.72 Å². The molecule has 0 aliphatic carbocycles. The van der Waals surface area contributed by atoms with E-state index in [0.29, 0.717) is 17.8 Å². The lowest BCUT2D eigenvalue weighted by Gasteiger charge is -2.09. The van der Waals surface area contributed by atoms with Crippen LogP contribution < -0.4 is 10.0 Å². The maximum atomic E-state index is 12.3. The molecule has 1 amide bonds. The largest absolute Gasteiger partial charge is 0.347 e. The molecule has 5 nitrogen and oxygen atoms in total. The van der Waals surface area contributed by atoms with Crippen LogP contribution >= 0.6 is 11.3 Å². The van der Waals surface area contributed by atoms with Gasteiger partial charge in [-0.25, -0.2) is 8.42 Å². The fourth-order valence-corrected chi connectivity index (χ4v) is 3.91. The highest BCUT2D eigenvalue weighted by molar-refractivity contribution is 7.92. The SMILES string of the molecule is O=C(NCc1cccs1)c1ccc(NS(=O)(=O)c2ccccc2)cc1. The van der Waals surface area contributed by atoms with E-state index in [9.17, 15) is 13.2 Å². The number of carbonyl (C=O) groups is 1. The van der Waals surface area contributed by atoms with Crippen molar-refractivity contribution >= 4 is 33.0 Å². The molecule has 3 aromatic rings. The van der Waals surface area contributed by atoms with Crippen molar-refractivity contribution < 1.29 is 13.2 Å². The molecule has 0 radical (unpaired) electrons. The molecular weight excluding hydrogens is 356 g/mol. The van der Waals surface area contributed by atoms with E-state index in [0.717, 1.165) is 4.88 Å². The number of rotatable bonds is 6. The molecule has 0 saturated heterocycles. The summed E-state index contributed by atoms with van der Waals surface area (Å²) in [6.07, 6.45) is 0. The summed E-state index contributed by atoms with van der Waals surface area (Å²) in [6.45, 7) is 0.471. The number of thiophene rings is 1. The lowest BCUT2D eigenvalue weighted by molar-refractivity contribution is 0.0951. The first-order valence-corrected chi connectivity index (χ1v) is 9.89. The maximum absolute atomic E-state index is 12.3. The molecule has 0 unspecified atom stereocenters. The summed E-state index contributed by atoms with van der Waals surface area (Å²) < 4.78 is 27.0. The predicted octanol–water partition coefficient (Wildman–Crippen LogP) is 3.48. The average Bonchev–Trinajstić information content (AvgIpc) is 3.14. The molecule has 0 atom stereocenters. The molecule has 2 N–H and O–H groups in total. The Kier molecular flexibility index (Phi) is 5.16.